The average Bonchev–Trinajstić information content (AvgIpc) is 2.55. The number of sulfonamides is 1. The topological polar surface area (TPSA) is 46.2 Å². The average molecular weight is 325 g/mol. The van der Waals surface area contributed by atoms with Crippen molar-refractivity contribution in [2.75, 3.05) is 0 Å². The first-order chi connectivity index (χ1) is 11.0. The molecule has 23 heavy (non-hydrogen) atoms. The number of fused-ring (bicyclic) bond motifs is 1. The van der Waals surface area contributed by atoms with Gasteiger partial charge in [0.1, 0.15) is 0 Å². The summed E-state index contributed by atoms with van der Waals surface area (Å²) in [5.41, 5.74) is 3.27. The van der Waals surface area contributed by atoms with Gasteiger partial charge >= 0.3 is 0 Å². The smallest absolute Gasteiger partial charge is 0.207 e. The molecule has 4 heteroatoms. The second-order valence-electron chi connectivity index (χ2n) is 5.66. The second-order valence-corrected chi connectivity index (χ2v) is 7.40. The third-order valence-electron chi connectivity index (χ3n) is 4.21. The molecule has 0 aromatic heterocycles. The molecule has 0 aliphatic carbocycles. The normalized spacial score (nSPS) is 11.7. The molecule has 3 rings (SSSR count). The van der Waals surface area contributed by atoms with Crippen LogP contribution in [0.3, 0.4) is 0 Å². The third-order valence-corrected chi connectivity index (χ3v) is 5.67. The van der Waals surface area contributed by atoms with Gasteiger partial charge in [-0.15, -0.1) is 0 Å². The van der Waals surface area contributed by atoms with Crippen molar-refractivity contribution in [3.63, 3.8) is 0 Å². The number of hydrogen-bond donors (Lipinski definition) is 1. The van der Waals surface area contributed by atoms with E-state index in [1.807, 2.05) is 62.4 Å². The fraction of sp³-hybridized carbons (Fsp3) is 0.158. The van der Waals surface area contributed by atoms with Gasteiger partial charge in [0.05, 0.1) is 4.90 Å². The van der Waals surface area contributed by atoms with E-state index in [0.29, 0.717) is 11.4 Å². The SMILES string of the molecule is Cc1cccc(CNS(=O)(=O)c2cccc3ccccc23)c1C. The summed E-state index contributed by atoms with van der Waals surface area (Å²) < 4.78 is 28.1. The minimum absolute atomic E-state index is 0.291. The van der Waals surface area contributed by atoms with E-state index in [0.717, 1.165) is 27.5 Å². The Balaban J connectivity index is 1.94. The molecular weight excluding hydrogens is 306 g/mol. The quantitative estimate of drug-likeness (QED) is 0.790. The van der Waals surface area contributed by atoms with E-state index in [2.05, 4.69) is 4.72 Å². The van der Waals surface area contributed by atoms with Crippen LogP contribution in [0.15, 0.2) is 65.6 Å². The largest absolute Gasteiger partial charge is 0.241 e. The molecule has 0 fully saturated rings. The van der Waals surface area contributed by atoms with Crippen LogP contribution < -0.4 is 4.72 Å². The molecule has 1 N–H and O–H groups in total. The van der Waals surface area contributed by atoms with E-state index < -0.39 is 10.0 Å². The monoisotopic (exact) mass is 325 g/mol. The molecule has 3 aromatic carbocycles. The van der Waals surface area contributed by atoms with E-state index in [-0.39, 0.29) is 0 Å². The Hall–Kier alpha value is -2.17. The highest BCUT2D eigenvalue weighted by molar-refractivity contribution is 7.89. The van der Waals surface area contributed by atoms with Crippen molar-refractivity contribution in [3.05, 3.63) is 77.4 Å². The Kier molecular flexibility index (Phi) is 4.20. The lowest BCUT2D eigenvalue weighted by Crippen LogP contribution is -2.24. The van der Waals surface area contributed by atoms with Crippen LogP contribution in [0.4, 0.5) is 0 Å². The van der Waals surface area contributed by atoms with Crippen molar-refractivity contribution < 1.29 is 8.42 Å². The third kappa shape index (κ3) is 3.14. The molecule has 0 aliphatic rings. The molecule has 0 saturated carbocycles. The van der Waals surface area contributed by atoms with Crippen molar-refractivity contribution in [2.24, 2.45) is 0 Å². The molecule has 0 heterocycles. The highest BCUT2D eigenvalue weighted by atomic mass is 32.2. The van der Waals surface area contributed by atoms with Crippen LogP contribution in [0.25, 0.3) is 10.8 Å². The predicted octanol–water partition coefficient (Wildman–Crippen LogP) is 3.94. The van der Waals surface area contributed by atoms with Crippen LogP contribution >= 0.6 is 0 Å². The molecule has 0 saturated heterocycles. The number of rotatable bonds is 4. The van der Waals surface area contributed by atoms with Crippen molar-refractivity contribution in [1.82, 2.24) is 4.72 Å². The number of aryl methyl sites for hydroxylation is 1. The zero-order valence-electron chi connectivity index (χ0n) is 13.2. The summed E-state index contributed by atoms with van der Waals surface area (Å²) in [6, 6.07) is 18.8. The standard InChI is InChI=1S/C19H19NO2S/c1-14-7-5-10-17(15(14)2)13-20-23(21,22)19-12-6-9-16-8-3-4-11-18(16)19/h3-12,20H,13H2,1-2H3. The van der Waals surface area contributed by atoms with Crippen LogP contribution in [0.2, 0.25) is 0 Å². The number of hydrogen-bond acceptors (Lipinski definition) is 2. The maximum absolute atomic E-state index is 12.7. The summed E-state index contributed by atoms with van der Waals surface area (Å²) >= 11 is 0. The van der Waals surface area contributed by atoms with Gasteiger partial charge in [0.15, 0.2) is 0 Å². The van der Waals surface area contributed by atoms with Crippen LogP contribution in [-0.4, -0.2) is 8.42 Å². The van der Waals surface area contributed by atoms with Gasteiger partial charge in [0.25, 0.3) is 0 Å². The number of nitrogens with one attached hydrogen (secondary N) is 1. The summed E-state index contributed by atoms with van der Waals surface area (Å²) in [5, 5.41) is 1.66. The molecule has 3 aromatic rings. The molecular formula is C19H19NO2S. The first kappa shape index (κ1) is 15.7. The van der Waals surface area contributed by atoms with Crippen LogP contribution in [0, 0.1) is 13.8 Å². The predicted molar refractivity (Wildman–Crippen MR) is 93.9 cm³/mol. The molecule has 3 nitrogen and oxygen atoms in total. The van der Waals surface area contributed by atoms with E-state index in [1.54, 1.807) is 12.1 Å². The van der Waals surface area contributed by atoms with E-state index >= 15 is 0 Å². The summed E-state index contributed by atoms with van der Waals surface area (Å²) in [6.45, 7) is 4.33. The highest BCUT2D eigenvalue weighted by Gasteiger charge is 2.17. The Bertz CT molecular complexity index is 957. The zero-order chi connectivity index (χ0) is 16.4. The summed E-state index contributed by atoms with van der Waals surface area (Å²) in [4.78, 5) is 0.320. The molecule has 0 spiro atoms. The summed E-state index contributed by atoms with van der Waals surface area (Å²) in [6.07, 6.45) is 0. The molecule has 118 valence electrons. The summed E-state index contributed by atoms with van der Waals surface area (Å²) in [5.74, 6) is 0. The van der Waals surface area contributed by atoms with Crippen molar-refractivity contribution in [1.29, 1.82) is 0 Å². The van der Waals surface area contributed by atoms with Gasteiger partial charge in [-0.2, -0.15) is 0 Å². The van der Waals surface area contributed by atoms with Crippen LogP contribution in [0.1, 0.15) is 16.7 Å². The Morgan fingerprint density at radius 3 is 2.39 bits per heavy atom. The maximum Gasteiger partial charge on any atom is 0.241 e. The Morgan fingerprint density at radius 2 is 1.57 bits per heavy atom. The Labute approximate surface area is 137 Å². The van der Waals surface area contributed by atoms with Crippen molar-refractivity contribution in [2.45, 2.75) is 25.3 Å². The number of benzene rings is 3. The minimum atomic E-state index is -3.56. The fourth-order valence-electron chi connectivity index (χ4n) is 2.68. The van der Waals surface area contributed by atoms with Gasteiger partial charge in [-0.05, 0) is 42.0 Å². The minimum Gasteiger partial charge on any atom is -0.207 e. The molecule has 0 radical (unpaired) electrons. The van der Waals surface area contributed by atoms with Gasteiger partial charge in [-0.25, -0.2) is 13.1 Å². The lowest BCUT2D eigenvalue weighted by molar-refractivity contribution is 0.582. The van der Waals surface area contributed by atoms with Gasteiger partial charge < -0.3 is 0 Å². The first-order valence-corrected chi connectivity index (χ1v) is 9.00. The highest BCUT2D eigenvalue weighted by Crippen LogP contribution is 2.23. The van der Waals surface area contributed by atoms with Crippen LogP contribution in [0.5, 0.6) is 0 Å². The molecule has 0 unspecified atom stereocenters. The lowest BCUT2D eigenvalue weighted by atomic mass is 10.0. The molecule has 0 atom stereocenters. The van der Waals surface area contributed by atoms with Crippen molar-refractivity contribution in [3.8, 4) is 0 Å². The second kappa shape index (κ2) is 6.14. The maximum atomic E-state index is 12.7. The van der Waals surface area contributed by atoms with Gasteiger partial charge in [0, 0.05) is 11.9 Å². The van der Waals surface area contributed by atoms with Crippen LogP contribution in [-0.2, 0) is 16.6 Å². The van der Waals surface area contributed by atoms with Gasteiger partial charge in [0.2, 0.25) is 10.0 Å². The Morgan fingerprint density at radius 1 is 0.870 bits per heavy atom. The molecule has 0 amide bonds. The van der Waals surface area contributed by atoms with E-state index in [9.17, 15) is 8.42 Å². The van der Waals surface area contributed by atoms with Gasteiger partial charge in [-0.1, -0.05) is 54.6 Å². The zero-order valence-corrected chi connectivity index (χ0v) is 14.0. The summed E-state index contributed by atoms with van der Waals surface area (Å²) in [7, 11) is -3.56. The van der Waals surface area contributed by atoms with E-state index in [4.69, 9.17) is 0 Å². The lowest BCUT2D eigenvalue weighted by Gasteiger charge is -2.12. The first-order valence-electron chi connectivity index (χ1n) is 7.51. The van der Waals surface area contributed by atoms with Gasteiger partial charge in [-0.3, -0.25) is 0 Å². The fourth-order valence-corrected chi connectivity index (χ4v) is 3.92. The van der Waals surface area contributed by atoms with E-state index in [1.165, 1.54) is 0 Å². The molecule has 0 bridgehead atoms. The van der Waals surface area contributed by atoms with Crippen molar-refractivity contribution >= 4 is 20.8 Å². The molecule has 0 aliphatic heterocycles.